The van der Waals surface area contributed by atoms with E-state index in [9.17, 15) is 4.79 Å². The van der Waals surface area contributed by atoms with Crippen molar-refractivity contribution in [3.63, 3.8) is 0 Å². The molecule has 5 heteroatoms. The van der Waals surface area contributed by atoms with Gasteiger partial charge in [0.2, 0.25) is 5.91 Å². The molecular formula is C16H27N3O2. The summed E-state index contributed by atoms with van der Waals surface area (Å²) in [4.78, 5) is 14.5. The Morgan fingerprint density at radius 3 is 2.76 bits per heavy atom. The predicted molar refractivity (Wildman–Crippen MR) is 82.9 cm³/mol. The van der Waals surface area contributed by atoms with Crippen LogP contribution in [0.15, 0.2) is 22.8 Å². The van der Waals surface area contributed by atoms with Gasteiger partial charge in [-0.15, -0.1) is 0 Å². The normalized spacial score (nSPS) is 19.1. The summed E-state index contributed by atoms with van der Waals surface area (Å²) in [6, 6.07) is 3.80. The largest absolute Gasteiger partial charge is 0.467 e. The van der Waals surface area contributed by atoms with Gasteiger partial charge in [-0.2, -0.15) is 0 Å². The Hall–Kier alpha value is -1.33. The number of hydrogen-bond acceptors (Lipinski definition) is 4. The second-order valence-corrected chi connectivity index (χ2v) is 5.95. The first-order valence-electron chi connectivity index (χ1n) is 7.93. The third-order valence-electron chi connectivity index (χ3n) is 3.93. The molecule has 1 aliphatic heterocycles. The van der Waals surface area contributed by atoms with Gasteiger partial charge in [-0.3, -0.25) is 4.79 Å². The molecule has 2 atom stereocenters. The minimum absolute atomic E-state index is 0.0110. The van der Waals surface area contributed by atoms with Crippen molar-refractivity contribution in [1.29, 1.82) is 0 Å². The van der Waals surface area contributed by atoms with E-state index in [-0.39, 0.29) is 11.9 Å². The van der Waals surface area contributed by atoms with Gasteiger partial charge in [0, 0.05) is 12.6 Å². The van der Waals surface area contributed by atoms with Crippen molar-refractivity contribution in [2.45, 2.75) is 51.7 Å². The zero-order valence-electron chi connectivity index (χ0n) is 13.1. The Kier molecular flexibility index (Phi) is 6.26. The van der Waals surface area contributed by atoms with Crippen LogP contribution in [0.2, 0.25) is 0 Å². The number of rotatable bonds is 7. The molecule has 0 aromatic carbocycles. The van der Waals surface area contributed by atoms with E-state index in [0.29, 0.717) is 12.6 Å². The van der Waals surface area contributed by atoms with Gasteiger partial charge >= 0.3 is 0 Å². The Morgan fingerprint density at radius 2 is 2.10 bits per heavy atom. The quantitative estimate of drug-likeness (QED) is 0.804. The standard InChI is InChI=1S/C16H27N3O2/c1-13(12-19-8-4-3-5-9-19)18-14(2)16(20)17-11-15-7-6-10-21-15/h6-7,10,13-14,18H,3-5,8-9,11-12H2,1-2H3,(H,17,20). The molecule has 0 radical (unpaired) electrons. The molecule has 2 heterocycles. The van der Waals surface area contributed by atoms with Gasteiger partial charge in [0.05, 0.1) is 18.8 Å². The highest BCUT2D eigenvalue weighted by Crippen LogP contribution is 2.09. The van der Waals surface area contributed by atoms with Gasteiger partial charge in [-0.25, -0.2) is 0 Å². The molecule has 2 rings (SSSR count). The molecule has 1 aliphatic rings. The maximum absolute atomic E-state index is 12.0. The van der Waals surface area contributed by atoms with Crippen LogP contribution in [-0.4, -0.2) is 42.5 Å². The lowest BCUT2D eigenvalue weighted by atomic mass is 10.1. The molecule has 118 valence electrons. The lowest BCUT2D eigenvalue weighted by Gasteiger charge is -2.30. The molecule has 0 spiro atoms. The second-order valence-electron chi connectivity index (χ2n) is 5.95. The van der Waals surface area contributed by atoms with E-state index in [4.69, 9.17) is 4.42 Å². The second kappa shape index (κ2) is 8.20. The van der Waals surface area contributed by atoms with Crippen molar-refractivity contribution < 1.29 is 9.21 Å². The van der Waals surface area contributed by atoms with Crippen molar-refractivity contribution in [2.24, 2.45) is 0 Å². The summed E-state index contributed by atoms with van der Waals surface area (Å²) in [5.74, 6) is 0.786. The van der Waals surface area contributed by atoms with E-state index in [2.05, 4.69) is 22.5 Å². The van der Waals surface area contributed by atoms with Crippen molar-refractivity contribution in [3.05, 3.63) is 24.2 Å². The van der Waals surface area contributed by atoms with E-state index in [1.807, 2.05) is 19.1 Å². The number of furan rings is 1. The zero-order valence-corrected chi connectivity index (χ0v) is 13.1. The summed E-state index contributed by atoms with van der Waals surface area (Å²) in [5, 5.41) is 6.26. The monoisotopic (exact) mass is 293 g/mol. The highest BCUT2D eigenvalue weighted by molar-refractivity contribution is 5.81. The molecule has 0 bridgehead atoms. The number of carbonyl (C=O) groups is 1. The molecule has 1 aromatic rings. The first-order valence-corrected chi connectivity index (χ1v) is 7.93. The van der Waals surface area contributed by atoms with Gasteiger partial charge in [0.25, 0.3) is 0 Å². The van der Waals surface area contributed by atoms with Crippen molar-refractivity contribution in [1.82, 2.24) is 15.5 Å². The highest BCUT2D eigenvalue weighted by Gasteiger charge is 2.18. The van der Waals surface area contributed by atoms with E-state index in [1.54, 1.807) is 6.26 Å². The summed E-state index contributed by atoms with van der Waals surface area (Å²) in [6.45, 7) is 7.87. The van der Waals surface area contributed by atoms with Crippen molar-refractivity contribution >= 4 is 5.91 Å². The first-order chi connectivity index (χ1) is 10.1. The molecule has 1 amide bonds. The number of carbonyl (C=O) groups excluding carboxylic acids is 1. The molecule has 0 aliphatic carbocycles. The summed E-state index contributed by atoms with van der Waals surface area (Å²) in [6.07, 6.45) is 5.56. The van der Waals surface area contributed by atoms with Crippen LogP contribution < -0.4 is 10.6 Å². The Bertz CT molecular complexity index is 413. The van der Waals surface area contributed by atoms with Gasteiger partial charge in [-0.1, -0.05) is 6.42 Å². The van der Waals surface area contributed by atoms with Gasteiger partial charge < -0.3 is 20.0 Å². The number of piperidine rings is 1. The SMILES string of the molecule is CC(CN1CCCCC1)NC(C)C(=O)NCc1ccco1. The topological polar surface area (TPSA) is 57.5 Å². The molecule has 2 unspecified atom stereocenters. The molecule has 1 fully saturated rings. The summed E-state index contributed by atoms with van der Waals surface area (Å²) >= 11 is 0. The zero-order chi connectivity index (χ0) is 15.1. The molecule has 1 saturated heterocycles. The average Bonchev–Trinajstić information content (AvgIpc) is 2.98. The molecular weight excluding hydrogens is 266 g/mol. The molecule has 2 N–H and O–H groups in total. The van der Waals surface area contributed by atoms with Gasteiger partial charge in [0.1, 0.15) is 5.76 Å². The molecule has 21 heavy (non-hydrogen) atoms. The minimum Gasteiger partial charge on any atom is -0.467 e. The maximum atomic E-state index is 12.0. The van der Waals surface area contributed by atoms with Crippen LogP contribution in [0.1, 0.15) is 38.9 Å². The van der Waals surface area contributed by atoms with E-state index in [0.717, 1.165) is 12.3 Å². The van der Waals surface area contributed by atoms with Crippen molar-refractivity contribution in [2.75, 3.05) is 19.6 Å². The Balaban J connectivity index is 1.66. The highest BCUT2D eigenvalue weighted by atomic mass is 16.3. The number of nitrogens with one attached hydrogen (secondary N) is 2. The number of nitrogens with zero attached hydrogens (tertiary/aromatic N) is 1. The number of likely N-dealkylation sites (tertiary alicyclic amines) is 1. The number of hydrogen-bond donors (Lipinski definition) is 2. The average molecular weight is 293 g/mol. The Morgan fingerprint density at radius 1 is 1.33 bits per heavy atom. The fourth-order valence-electron chi connectivity index (χ4n) is 2.82. The van der Waals surface area contributed by atoms with E-state index >= 15 is 0 Å². The fraction of sp³-hybridized carbons (Fsp3) is 0.688. The van der Waals surface area contributed by atoms with Crippen LogP contribution in [0, 0.1) is 0 Å². The number of amides is 1. The molecule has 0 saturated carbocycles. The van der Waals surface area contributed by atoms with Crippen LogP contribution in [0.25, 0.3) is 0 Å². The lowest BCUT2D eigenvalue weighted by molar-refractivity contribution is -0.123. The maximum Gasteiger partial charge on any atom is 0.237 e. The third-order valence-corrected chi connectivity index (χ3v) is 3.93. The fourth-order valence-corrected chi connectivity index (χ4v) is 2.82. The van der Waals surface area contributed by atoms with Crippen LogP contribution in [0.3, 0.4) is 0 Å². The third kappa shape index (κ3) is 5.52. The van der Waals surface area contributed by atoms with Crippen molar-refractivity contribution in [3.8, 4) is 0 Å². The van der Waals surface area contributed by atoms with Gasteiger partial charge in [-0.05, 0) is 51.9 Å². The lowest BCUT2D eigenvalue weighted by Crippen LogP contribution is -2.49. The summed E-state index contributed by atoms with van der Waals surface area (Å²) in [7, 11) is 0. The minimum atomic E-state index is -0.195. The van der Waals surface area contributed by atoms with Crippen LogP contribution in [-0.2, 0) is 11.3 Å². The Labute approximate surface area is 127 Å². The molecule has 1 aromatic heterocycles. The van der Waals surface area contributed by atoms with Crippen LogP contribution >= 0.6 is 0 Å². The van der Waals surface area contributed by atoms with E-state index in [1.165, 1.54) is 32.4 Å². The van der Waals surface area contributed by atoms with E-state index < -0.39 is 0 Å². The van der Waals surface area contributed by atoms with Crippen LogP contribution in [0.5, 0.6) is 0 Å². The van der Waals surface area contributed by atoms with Crippen LogP contribution in [0.4, 0.5) is 0 Å². The predicted octanol–water partition coefficient (Wildman–Crippen LogP) is 1.75. The van der Waals surface area contributed by atoms with Gasteiger partial charge in [0.15, 0.2) is 0 Å². The summed E-state index contributed by atoms with van der Waals surface area (Å²) < 4.78 is 5.20. The molecule has 5 nitrogen and oxygen atoms in total. The first kappa shape index (κ1) is 16.0. The summed E-state index contributed by atoms with van der Waals surface area (Å²) in [5.41, 5.74) is 0. The smallest absolute Gasteiger partial charge is 0.237 e.